The molecule has 116 valence electrons. The Hall–Kier alpha value is -0.120. The number of hydrogen-bond donors (Lipinski definition) is 2. The Kier molecular flexibility index (Phi) is 11.6. The van der Waals surface area contributed by atoms with Gasteiger partial charge in [0.1, 0.15) is 0 Å². The molecule has 3 nitrogen and oxygen atoms in total. The van der Waals surface area contributed by atoms with E-state index in [1.165, 1.54) is 51.4 Å². The van der Waals surface area contributed by atoms with Crippen LogP contribution in [-0.2, 0) is 4.74 Å². The minimum atomic E-state index is -0.0325. The average molecular weight is 272 g/mol. The van der Waals surface area contributed by atoms with Crippen LogP contribution in [0.3, 0.4) is 0 Å². The summed E-state index contributed by atoms with van der Waals surface area (Å²) in [6, 6.07) is 0.435. The summed E-state index contributed by atoms with van der Waals surface area (Å²) in [5.41, 5.74) is 2.92. The molecule has 0 spiro atoms. The lowest BCUT2D eigenvalue weighted by Crippen LogP contribution is -2.37. The average Bonchev–Trinajstić information content (AvgIpc) is 2.41. The van der Waals surface area contributed by atoms with Crippen molar-refractivity contribution in [1.82, 2.24) is 5.43 Å². The highest BCUT2D eigenvalue weighted by Gasteiger charge is 2.18. The number of nitrogens with one attached hydrogen (secondary N) is 1. The molecule has 3 heteroatoms. The van der Waals surface area contributed by atoms with Crippen LogP contribution < -0.4 is 11.3 Å². The smallest absolute Gasteiger partial charge is 0.0623 e. The van der Waals surface area contributed by atoms with E-state index in [0.717, 1.165) is 12.8 Å². The van der Waals surface area contributed by atoms with Gasteiger partial charge >= 0.3 is 0 Å². The third-order valence-electron chi connectivity index (χ3n) is 4.04. The van der Waals surface area contributed by atoms with E-state index in [9.17, 15) is 0 Å². The van der Waals surface area contributed by atoms with Crippen LogP contribution in [0.5, 0.6) is 0 Å². The summed E-state index contributed by atoms with van der Waals surface area (Å²) >= 11 is 0. The van der Waals surface area contributed by atoms with Gasteiger partial charge in [0.15, 0.2) is 0 Å². The maximum absolute atomic E-state index is 5.63. The molecule has 0 amide bonds. The van der Waals surface area contributed by atoms with Gasteiger partial charge in [-0.1, -0.05) is 51.9 Å². The third kappa shape index (κ3) is 11.4. The number of hydrazine groups is 1. The largest absolute Gasteiger partial charge is 0.379 e. The van der Waals surface area contributed by atoms with E-state index in [1.807, 2.05) is 0 Å². The SMILES string of the molecule is CCCCCCCCCC(CCC(C)(C)OC)NN. The molecule has 0 aromatic heterocycles. The molecule has 3 N–H and O–H groups in total. The first kappa shape index (κ1) is 18.9. The van der Waals surface area contributed by atoms with Crippen molar-refractivity contribution >= 4 is 0 Å². The molecule has 0 aliphatic heterocycles. The zero-order valence-electron chi connectivity index (χ0n) is 13.6. The fourth-order valence-electron chi connectivity index (χ4n) is 2.28. The normalized spacial score (nSPS) is 13.7. The molecule has 0 fully saturated rings. The Labute approximate surface area is 120 Å². The molecule has 1 unspecified atom stereocenters. The van der Waals surface area contributed by atoms with Crippen LogP contribution >= 0.6 is 0 Å². The van der Waals surface area contributed by atoms with Gasteiger partial charge in [0.2, 0.25) is 0 Å². The van der Waals surface area contributed by atoms with Crippen molar-refractivity contribution in [3.05, 3.63) is 0 Å². The molecule has 0 radical (unpaired) electrons. The summed E-state index contributed by atoms with van der Waals surface area (Å²) in [5.74, 6) is 5.63. The molecule has 1 atom stereocenters. The summed E-state index contributed by atoms with van der Waals surface area (Å²) in [6.45, 7) is 6.53. The van der Waals surface area contributed by atoms with Crippen LogP contribution in [0.4, 0.5) is 0 Å². The first-order chi connectivity index (χ1) is 9.05. The Balaban J connectivity index is 3.54. The molecule has 0 rings (SSSR count). The molecule has 0 saturated carbocycles. The Bertz CT molecular complexity index is 195. The van der Waals surface area contributed by atoms with Crippen molar-refractivity contribution in [1.29, 1.82) is 0 Å². The van der Waals surface area contributed by atoms with Crippen molar-refractivity contribution < 1.29 is 4.74 Å². The number of nitrogens with two attached hydrogens (primary N) is 1. The first-order valence-electron chi connectivity index (χ1n) is 8.07. The van der Waals surface area contributed by atoms with Crippen LogP contribution in [-0.4, -0.2) is 18.8 Å². The number of unbranched alkanes of at least 4 members (excludes halogenated alkanes) is 6. The fraction of sp³-hybridized carbons (Fsp3) is 1.00. The summed E-state index contributed by atoms with van der Waals surface area (Å²) in [7, 11) is 1.78. The van der Waals surface area contributed by atoms with Gasteiger partial charge in [-0.2, -0.15) is 0 Å². The number of ether oxygens (including phenoxy) is 1. The van der Waals surface area contributed by atoms with Crippen molar-refractivity contribution in [2.24, 2.45) is 5.84 Å². The van der Waals surface area contributed by atoms with Crippen LogP contribution in [0.15, 0.2) is 0 Å². The highest BCUT2D eigenvalue weighted by Crippen LogP contribution is 2.19. The molecule has 0 saturated heterocycles. The zero-order valence-corrected chi connectivity index (χ0v) is 13.6. The standard InChI is InChI=1S/C16H36N2O/c1-5-6-7-8-9-10-11-12-15(18-17)13-14-16(2,3)19-4/h15,18H,5-14,17H2,1-4H3. The minimum Gasteiger partial charge on any atom is -0.379 e. The number of methoxy groups -OCH3 is 1. The van der Waals surface area contributed by atoms with Gasteiger partial charge in [0.25, 0.3) is 0 Å². The van der Waals surface area contributed by atoms with Crippen molar-refractivity contribution in [2.75, 3.05) is 7.11 Å². The highest BCUT2D eigenvalue weighted by atomic mass is 16.5. The van der Waals surface area contributed by atoms with Gasteiger partial charge in [-0.3, -0.25) is 11.3 Å². The van der Waals surface area contributed by atoms with E-state index < -0.39 is 0 Å². The molecule has 0 bridgehead atoms. The zero-order chi connectivity index (χ0) is 14.6. The van der Waals surface area contributed by atoms with E-state index in [2.05, 4.69) is 26.2 Å². The van der Waals surface area contributed by atoms with Gasteiger partial charge < -0.3 is 4.74 Å². The second kappa shape index (κ2) is 11.7. The predicted molar refractivity (Wildman–Crippen MR) is 84.0 cm³/mol. The van der Waals surface area contributed by atoms with E-state index in [0.29, 0.717) is 6.04 Å². The van der Waals surface area contributed by atoms with Gasteiger partial charge in [-0.05, 0) is 33.1 Å². The van der Waals surface area contributed by atoms with Crippen LogP contribution in [0.2, 0.25) is 0 Å². The van der Waals surface area contributed by atoms with E-state index >= 15 is 0 Å². The lowest BCUT2D eigenvalue weighted by atomic mass is 9.96. The Morgan fingerprint density at radius 1 is 1.00 bits per heavy atom. The van der Waals surface area contributed by atoms with Crippen molar-refractivity contribution in [2.45, 2.75) is 96.6 Å². The van der Waals surface area contributed by atoms with Crippen molar-refractivity contribution in [3.8, 4) is 0 Å². The number of hydrogen-bond acceptors (Lipinski definition) is 3. The fourth-order valence-corrected chi connectivity index (χ4v) is 2.28. The van der Waals surface area contributed by atoms with Gasteiger partial charge in [0.05, 0.1) is 5.60 Å². The highest BCUT2D eigenvalue weighted by molar-refractivity contribution is 4.73. The topological polar surface area (TPSA) is 47.3 Å². The van der Waals surface area contributed by atoms with Crippen LogP contribution in [0.25, 0.3) is 0 Å². The van der Waals surface area contributed by atoms with Gasteiger partial charge in [-0.15, -0.1) is 0 Å². The van der Waals surface area contributed by atoms with Crippen LogP contribution in [0, 0.1) is 0 Å². The van der Waals surface area contributed by atoms with Crippen LogP contribution in [0.1, 0.15) is 85.0 Å². The third-order valence-corrected chi connectivity index (χ3v) is 4.04. The maximum atomic E-state index is 5.63. The van der Waals surface area contributed by atoms with E-state index in [-0.39, 0.29) is 5.60 Å². The lowest BCUT2D eigenvalue weighted by molar-refractivity contribution is 0.0115. The molecule has 0 aliphatic rings. The maximum Gasteiger partial charge on any atom is 0.0623 e. The molecule has 19 heavy (non-hydrogen) atoms. The molecular weight excluding hydrogens is 236 g/mol. The molecular formula is C16H36N2O. The number of rotatable bonds is 13. The Morgan fingerprint density at radius 2 is 1.58 bits per heavy atom. The summed E-state index contributed by atoms with van der Waals surface area (Å²) in [6.07, 6.45) is 12.8. The minimum absolute atomic E-state index is 0.0325. The summed E-state index contributed by atoms with van der Waals surface area (Å²) < 4.78 is 5.44. The molecule has 0 aromatic carbocycles. The molecule has 0 heterocycles. The van der Waals surface area contributed by atoms with Gasteiger partial charge in [0, 0.05) is 13.2 Å². The second-order valence-electron chi connectivity index (χ2n) is 6.28. The first-order valence-corrected chi connectivity index (χ1v) is 8.07. The quantitative estimate of drug-likeness (QED) is 0.300. The predicted octanol–water partition coefficient (Wildman–Crippen LogP) is 4.16. The monoisotopic (exact) mass is 272 g/mol. The lowest BCUT2D eigenvalue weighted by Gasteiger charge is -2.25. The second-order valence-corrected chi connectivity index (χ2v) is 6.28. The van der Waals surface area contributed by atoms with E-state index in [1.54, 1.807) is 7.11 Å². The summed E-state index contributed by atoms with van der Waals surface area (Å²) in [5, 5.41) is 0. The molecule has 0 aliphatic carbocycles. The van der Waals surface area contributed by atoms with E-state index in [4.69, 9.17) is 10.6 Å². The van der Waals surface area contributed by atoms with Crippen molar-refractivity contribution in [3.63, 3.8) is 0 Å². The van der Waals surface area contributed by atoms with Gasteiger partial charge in [-0.25, -0.2) is 0 Å². The Morgan fingerprint density at radius 3 is 2.11 bits per heavy atom. The summed E-state index contributed by atoms with van der Waals surface area (Å²) in [4.78, 5) is 0. The molecule has 0 aromatic rings.